The first-order valence-electron chi connectivity index (χ1n) is 1.93. The predicted molar refractivity (Wildman–Crippen MR) is 21.4 cm³/mol. The van der Waals surface area contributed by atoms with Crippen LogP contribution in [0.4, 0.5) is 22.0 Å². The average Bonchev–Trinajstić information content (AvgIpc) is 1.63. The van der Waals surface area contributed by atoms with Crippen LogP contribution in [0.1, 0.15) is 0 Å². The zero-order valence-corrected chi connectivity index (χ0v) is 4.57. The van der Waals surface area contributed by atoms with E-state index in [0.29, 0.717) is 0 Å². The summed E-state index contributed by atoms with van der Waals surface area (Å²) in [4.78, 5) is 0. The molecular weight excluding hydrogens is 163 g/mol. The fourth-order valence-electron chi connectivity index (χ4n) is 0. The topological polar surface area (TPSA) is 40.5 Å². The van der Waals surface area contributed by atoms with Crippen LogP contribution in [0.5, 0.6) is 0 Å². The Morgan fingerprint density at radius 2 is 1.30 bits per heavy atom. The number of aliphatic hydroxyl groups is 2. The molecule has 64 valence electrons. The highest BCUT2D eigenvalue weighted by atomic mass is 19.4. The Balaban J connectivity index is 0. The molecule has 2 N–H and O–H groups in total. The first kappa shape index (κ1) is 12.3. The van der Waals surface area contributed by atoms with Crippen molar-refractivity contribution in [2.75, 3.05) is 6.61 Å². The summed E-state index contributed by atoms with van der Waals surface area (Å²) in [6.45, 7) is -4.90. The first-order valence-corrected chi connectivity index (χ1v) is 1.93. The van der Waals surface area contributed by atoms with Crippen LogP contribution >= 0.6 is 0 Å². The van der Waals surface area contributed by atoms with Crippen molar-refractivity contribution in [2.24, 2.45) is 0 Å². The van der Waals surface area contributed by atoms with E-state index in [0.717, 1.165) is 0 Å². The Bertz CT molecular complexity index is 67.0. The van der Waals surface area contributed by atoms with Gasteiger partial charge in [-0.05, 0) is 0 Å². The van der Waals surface area contributed by atoms with Gasteiger partial charge in [0.15, 0.2) is 0 Å². The summed E-state index contributed by atoms with van der Waals surface area (Å²) in [6, 6.07) is 0. The second-order valence-electron chi connectivity index (χ2n) is 1.05. The van der Waals surface area contributed by atoms with E-state index in [1.54, 1.807) is 0 Å². The summed E-state index contributed by atoms with van der Waals surface area (Å²) in [5.41, 5.74) is 0. The Kier molecular flexibility index (Phi) is 6.58. The second-order valence-corrected chi connectivity index (χ2v) is 1.05. The van der Waals surface area contributed by atoms with Gasteiger partial charge in [0.1, 0.15) is 6.61 Å². The summed E-state index contributed by atoms with van der Waals surface area (Å²) < 4.78 is 51.4. The lowest BCUT2D eigenvalue weighted by Gasteiger charge is -1.95. The Hall–Kier alpha value is -0.430. The van der Waals surface area contributed by atoms with E-state index in [9.17, 15) is 22.0 Å². The molecule has 0 saturated heterocycles. The molecule has 0 unspecified atom stereocenters. The van der Waals surface area contributed by atoms with Gasteiger partial charge in [-0.25, -0.2) is 0 Å². The van der Waals surface area contributed by atoms with E-state index in [1.807, 2.05) is 0 Å². The summed E-state index contributed by atoms with van der Waals surface area (Å²) >= 11 is 0. The lowest BCUT2D eigenvalue weighted by atomic mass is 10.7. The van der Waals surface area contributed by atoms with E-state index in [2.05, 4.69) is 0 Å². The molecule has 0 saturated carbocycles. The highest BCUT2D eigenvalue weighted by Crippen LogP contribution is 2.11. The standard InChI is InChI=1S/C2H3F3O.CH2F2O/c3-2(4,5)1-6;2-1(3)4/h6H,1H2;1,4H. The smallest absolute Gasteiger partial charge is 0.387 e. The fourth-order valence-corrected chi connectivity index (χ4v) is 0. The molecule has 0 bridgehead atoms. The zero-order chi connectivity index (χ0) is 8.78. The van der Waals surface area contributed by atoms with Crippen molar-refractivity contribution >= 4 is 0 Å². The van der Waals surface area contributed by atoms with Crippen LogP contribution in [0.2, 0.25) is 0 Å². The highest BCUT2D eigenvalue weighted by molar-refractivity contribution is 4.39. The highest BCUT2D eigenvalue weighted by Gasteiger charge is 2.24. The van der Waals surface area contributed by atoms with Gasteiger partial charge in [0.05, 0.1) is 0 Å². The molecule has 0 aromatic rings. The molecule has 0 radical (unpaired) electrons. The molecule has 2 nitrogen and oxygen atoms in total. The molecule has 10 heavy (non-hydrogen) atoms. The molecule has 0 aromatic heterocycles. The third-order valence-corrected chi connectivity index (χ3v) is 0.179. The zero-order valence-electron chi connectivity index (χ0n) is 4.57. The molecule has 0 spiro atoms. The summed E-state index contributed by atoms with van der Waals surface area (Å²) in [5, 5.41) is 14.0. The molecule has 0 atom stereocenters. The normalized spacial score (nSPS) is 10.8. The fraction of sp³-hybridized carbons (Fsp3) is 1.00. The van der Waals surface area contributed by atoms with E-state index < -0.39 is 19.4 Å². The van der Waals surface area contributed by atoms with Gasteiger partial charge in [-0.2, -0.15) is 22.0 Å². The van der Waals surface area contributed by atoms with Gasteiger partial charge in [0.2, 0.25) is 0 Å². The second kappa shape index (κ2) is 5.36. The van der Waals surface area contributed by atoms with Crippen LogP contribution in [-0.2, 0) is 0 Å². The van der Waals surface area contributed by atoms with Crippen LogP contribution < -0.4 is 0 Å². The van der Waals surface area contributed by atoms with Crippen LogP contribution in [-0.4, -0.2) is 29.6 Å². The molecule has 0 heterocycles. The molecule has 0 aromatic carbocycles. The van der Waals surface area contributed by atoms with Crippen LogP contribution in [0.15, 0.2) is 0 Å². The molecular formula is C3H5F5O2. The van der Waals surface area contributed by atoms with Crippen LogP contribution in [0, 0.1) is 0 Å². The number of aliphatic hydroxyl groups excluding tert-OH is 2. The number of hydrogen-bond acceptors (Lipinski definition) is 2. The van der Waals surface area contributed by atoms with Gasteiger partial charge in [-0.1, -0.05) is 0 Å². The quantitative estimate of drug-likeness (QED) is 0.524. The minimum absolute atomic E-state index is 1.73. The summed E-state index contributed by atoms with van der Waals surface area (Å²) in [7, 11) is 0. The monoisotopic (exact) mass is 168 g/mol. The summed E-state index contributed by atoms with van der Waals surface area (Å²) in [5.74, 6) is 0. The largest absolute Gasteiger partial charge is 0.411 e. The van der Waals surface area contributed by atoms with Crippen molar-refractivity contribution in [1.29, 1.82) is 0 Å². The summed E-state index contributed by atoms with van der Waals surface area (Å²) in [6.07, 6.45) is -4.40. The maximum absolute atomic E-state index is 10.5. The number of rotatable bonds is 0. The predicted octanol–water partition coefficient (Wildman–Crippen LogP) is 0.742. The number of hydrogen-bond donors (Lipinski definition) is 2. The molecule has 7 heteroatoms. The maximum atomic E-state index is 10.5. The van der Waals surface area contributed by atoms with Gasteiger partial charge in [0.25, 0.3) is 0 Å². The average molecular weight is 168 g/mol. The molecule has 0 aliphatic rings. The minimum atomic E-state index is -4.40. The Labute approximate surface area is 52.9 Å². The van der Waals surface area contributed by atoms with E-state index in [4.69, 9.17) is 10.2 Å². The van der Waals surface area contributed by atoms with Crippen molar-refractivity contribution in [2.45, 2.75) is 12.8 Å². The van der Waals surface area contributed by atoms with E-state index >= 15 is 0 Å². The third kappa shape index (κ3) is 49.5. The molecule has 0 rings (SSSR count). The van der Waals surface area contributed by atoms with Crippen molar-refractivity contribution in [3.8, 4) is 0 Å². The van der Waals surface area contributed by atoms with Gasteiger partial charge in [0, 0.05) is 0 Å². The number of halogens is 5. The minimum Gasteiger partial charge on any atom is -0.387 e. The number of alkyl halides is 5. The van der Waals surface area contributed by atoms with E-state index in [-0.39, 0.29) is 0 Å². The third-order valence-electron chi connectivity index (χ3n) is 0.179. The van der Waals surface area contributed by atoms with Gasteiger partial charge in [-0.15, -0.1) is 0 Å². The lowest BCUT2D eigenvalue weighted by Crippen LogP contribution is -2.12. The first-order chi connectivity index (χ1) is 4.29. The van der Waals surface area contributed by atoms with Crippen molar-refractivity contribution < 1.29 is 32.2 Å². The van der Waals surface area contributed by atoms with Gasteiger partial charge in [-0.3, -0.25) is 0 Å². The molecule has 0 fully saturated rings. The van der Waals surface area contributed by atoms with Gasteiger partial charge >= 0.3 is 12.8 Å². The molecule has 0 amide bonds. The van der Waals surface area contributed by atoms with Crippen molar-refractivity contribution in [3.63, 3.8) is 0 Å². The SMILES string of the molecule is OC(F)F.OCC(F)(F)F. The van der Waals surface area contributed by atoms with E-state index in [1.165, 1.54) is 0 Å². The molecule has 0 aliphatic heterocycles. The Morgan fingerprint density at radius 1 is 1.20 bits per heavy atom. The van der Waals surface area contributed by atoms with Crippen LogP contribution in [0.3, 0.4) is 0 Å². The van der Waals surface area contributed by atoms with Crippen LogP contribution in [0.25, 0.3) is 0 Å². The van der Waals surface area contributed by atoms with Crippen molar-refractivity contribution in [3.05, 3.63) is 0 Å². The van der Waals surface area contributed by atoms with Crippen molar-refractivity contribution in [1.82, 2.24) is 0 Å². The lowest BCUT2D eigenvalue weighted by molar-refractivity contribution is -0.159. The maximum Gasteiger partial charge on any atom is 0.411 e. The Morgan fingerprint density at radius 3 is 1.30 bits per heavy atom. The molecule has 0 aliphatic carbocycles. The van der Waals surface area contributed by atoms with Gasteiger partial charge < -0.3 is 10.2 Å².